The molecule has 33 heavy (non-hydrogen) atoms. The molecule has 0 saturated carbocycles. The van der Waals surface area contributed by atoms with Gasteiger partial charge in [-0.05, 0) is 28.8 Å². The molecule has 0 aliphatic heterocycles. The number of hydrogen-bond acceptors (Lipinski definition) is 6. The van der Waals surface area contributed by atoms with Gasteiger partial charge in [0.15, 0.2) is 11.6 Å². The number of hydrogen-bond donors (Lipinski definition) is 2. The summed E-state index contributed by atoms with van der Waals surface area (Å²) in [5.74, 6) is -6.62. The second-order valence-corrected chi connectivity index (χ2v) is 6.78. The monoisotopic (exact) mass is 470 g/mol. The standard InChI is InChI=1S/C20H11F5N2O6/c21-13-6-11(8-15(17(13)28)26(30)31)19(20(23,24)25,10-4-2-1-3-5-10)12-7-14(22)18(29)16(9-12)27(32)33/h1-9,28-29H. The maximum absolute atomic E-state index is 14.9. The Kier molecular flexibility index (Phi) is 5.67. The fourth-order valence-electron chi connectivity index (χ4n) is 3.56. The SMILES string of the molecule is O=[N+]([O-])c1cc(C(c2ccccc2)(c2cc(F)c(O)c([N+](=O)[O-])c2)C(F)(F)F)cc(F)c1O. The lowest BCUT2D eigenvalue weighted by atomic mass is 9.68. The van der Waals surface area contributed by atoms with Gasteiger partial charge in [0.25, 0.3) is 0 Å². The average Bonchev–Trinajstić information content (AvgIpc) is 2.72. The molecule has 0 saturated heterocycles. The van der Waals surface area contributed by atoms with Gasteiger partial charge in [0.05, 0.1) is 9.85 Å². The van der Waals surface area contributed by atoms with E-state index in [0.29, 0.717) is 0 Å². The van der Waals surface area contributed by atoms with E-state index in [1.807, 2.05) is 0 Å². The van der Waals surface area contributed by atoms with Crippen LogP contribution in [0.25, 0.3) is 0 Å². The third-order valence-electron chi connectivity index (χ3n) is 4.98. The van der Waals surface area contributed by atoms with Crippen LogP contribution in [0.2, 0.25) is 0 Å². The van der Waals surface area contributed by atoms with Crippen LogP contribution in [0, 0.1) is 31.9 Å². The normalized spacial score (nSPS) is 11.9. The lowest BCUT2D eigenvalue weighted by Gasteiger charge is -2.37. The predicted molar refractivity (Wildman–Crippen MR) is 102 cm³/mol. The summed E-state index contributed by atoms with van der Waals surface area (Å²) >= 11 is 0. The minimum atomic E-state index is -5.48. The van der Waals surface area contributed by atoms with Crippen LogP contribution in [0.3, 0.4) is 0 Å². The first kappa shape index (κ1) is 23.4. The summed E-state index contributed by atoms with van der Waals surface area (Å²) in [6.45, 7) is 0. The Bertz CT molecular complexity index is 1190. The highest BCUT2D eigenvalue weighted by atomic mass is 19.4. The molecule has 2 N–H and O–H groups in total. The van der Waals surface area contributed by atoms with Crippen LogP contribution in [0.4, 0.5) is 33.3 Å². The predicted octanol–water partition coefficient (Wildman–Crippen LogP) is 5.09. The highest BCUT2D eigenvalue weighted by Gasteiger charge is 2.59. The molecule has 172 valence electrons. The van der Waals surface area contributed by atoms with E-state index in [4.69, 9.17) is 0 Å². The van der Waals surface area contributed by atoms with E-state index in [2.05, 4.69) is 0 Å². The number of alkyl halides is 3. The molecule has 3 aromatic carbocycles. The van der Waals surface area contributed by atoms with Crippen LogP contribution in [-0.4, -0.2) is 26.2 Å². The number of rotatable bonds is 5. The van der Waals surface area contributed by atoms with Crippen molar-refractivity contribution in [3.05, 3.63) is 103 Å². The van der Waals surface area contributed by atoms with E-state index >= 15 is 0 Å². The molecule has 0 atom stereocenters. The number of nitrogens with zero attached hydrogens (tertiary/aromatic N) is 2. The van der Waals surface area contributed by atoms with Gasteiger partial charge >= 0.3 is 17.6 Å². The Hall–Kier alpha value is -4.29. The topological polar surface area (TPSA) is 127 Å². The summed E-state index contributed by atoms with van der Waals surface area (Å²) < 4.78 is 73.3. The first-order valence-electron chi connectivity index (χ1n) is 8.79. The van der Waals surface area contributed by atoms with Crippen LogP contribution in [0.1, 0.15) is 16.7 Å². The number of phenolic OH excluding ortho intramolecular Hbond substituents is 2. The molecule has 0 spiro atoms. The summed E-state index contributed by atoms with van der Waals surface area (Å²) in [4.78, 5) is 19.8. The Morgan fingerprint density at radius 3 is 1.42 bits per heavy atom. The summed E-state index contributed by atoms with van der Waals surface area (Å²) in [7, 11) is 0. The van der Waals surface area contributed by atoms with Gasteiger partial charge in [-0.1, -0.05) is 30.3 Å². The van der Waals surface area contributed by atoms with Crippen LogP contribution in [-0.2, 0) is 5.41 Å². The molecule has 3 aromatic rings. The minimum Gasteiger partial charge on any atom is -0.500 e. The molecule has 3 rings (SSSR count). The van der Waals surface area contributed by atoms with E-state index in [-0.39, 0.29) is 24.3 Å². The van der Waals surface area contributed by atoms with E-state index in [0.717, 1.165) is 24.3 Å². The van der Waals surface area contributed by atoms with Crippen LogP contribution in [0.5, 0.6) is 11.5 Å². The molecular formula is C20H11F5N2O6. The zero-order valence-electron chi connectivity index (χ0n) is 16.0. The summed E-state index contributed by atoms with van der Waals surface area (Å²) in [6, 6.07) is 6.24. The summed E-state index contributed by atoms with van der Waals surface area (Å²) in [5.41, 5.74) is -9.43. The molecule has 0 unspecified atom stereocenters. The molecule has 8 nitrogen and oxygen atoms in total. The lowest BCUT2D eigenvalue weighted by Crippen LogP contribution is -2.44. The number of phenols is 2. The van der Waals surface area contributed by atoms with Crippen molar-refractivity contribution in [2.75, 3.05) is 0 Å². The largest absolute Gasteiger partial charge is 0.500 e. The average molecular weight is 470 g/mol. The number of benzene rings is 3. The lowest BCUT2D eigenvalue weighted by molar-refractivity contribution is -0.386. The van der Waals surface area contributed by atoms with Gasteiger partial charge in [-0.2, -0.15) is 13.2 Å². The van der Waals surface area contributed by atoms with Crippen LogP contribution in [0.15, 0.2) is 54.6 Å². The molecule has 0 aliphatic rings. The Morgan fingerprint density at radius 1 is 0.697 bits per heavy atom. The molecule has 0 fully saturated rings. The number of nitro benzene ring substituents is 2. The highest BCUT2D eigenvalue weighted by molar-refractivity contribution is 5.61. The third-order valence-corrected chi connectivity index (χ3v) is 4.98. The van der Waals surface area contributed by atoms with Gasteiger partial charge in [-0.25, -0.2) is 8.78 Å². The van der Waals surface area contributed by atoms with Gasteiger partial charge in [0, 0.05) is 12.1 Å². The van der Waals surface area contributed by atoms with Crippen molar-refractivity contribution in [2.24, 2.45) is 0 Å². The first-order chi connectivity index (χ1) is 15.3. The zero-order valence-corrected chi connectivity index (χ0v) is 16.0. The van der Waals surface area contributed by atoms with E-state index in [1.165, 1.54) is 6.07 Å². The molecule has 0 bridgehead atoms. The second kappa shape index (κ2) is 8.00. The third kappa shape index (κ3) is 3.66. The second-order valence-electron chi connectivity index (χ2n) is 6.78. The minimum absolute atomic E-state index is 0.166. The van der Waals surface area contributed by atoms with Crippen molar-refractivity contribution in [1.29, 1.82) is 0 Å². The van der Waals surface area contributed by atoms with Gasteiger partial charge in [-0.3, -0.25) is 20.2 Å². The smallest absolute Gasteiger partial charge is 0.406 e. The molecule has 13 heteroatoms. The van der Waals surface area contributed by atoms with Crippen molar-refractivity contribution < 1.29 is 42.0 Å². The number of nitro groups is 2. The van der Waals surface area contributed by atoms with Crippen molar-refractivity contribution in [1.82, 2.24) is 0 Å². The van der Waals surface area contributed by atoms with E-state index < -0.39 is 72.6 Å². The molecule has 0 aliphatic carbocycles. The summed E-state index contributed by atoms with van der Waals surface area (Å²) in [5, 5.41) is 41.7. The summed E-state index contributed by atoms with van der Waals surface area (Å²) in [6.07, 6.45) is -5.48. The molecule has 0 heterocycles. The first-order valence-corrected chi connectivity index (χ1v) is 8.79. The number of aromatic hydroxyl groups is 2. The van der Waals surface area contributed by atoms with E-state index in [9.17, 15) is 52.4 Å². The van der Waals surface area contributed by atoms with Crippen molar-refractivity contribution in [3.8, 4) is 11.5 Å². The molecule has 0 radical (unpaired) electrons. The zero-order chi connectivity index (χ0) is 24.7. The van der Waals surface area contributed by atoms with Crippen molar-refractivity contribution >= 4 is 11.4 Å². The van der Waals surface area contributed by atoms with Crippen molar-refractivity contribution in [3.63, 3.8) is 0 Å². The van der Waals surface area contributed by atoms with Crippen molar-refractivity contribution in [2.45, 2.75) is 11.6 Å². The molecule has 0 aromatic heterocycles. The molecular weight excluding hydrogens is 459 g/mol. The fraction of sp³-hybridized carbons (Fsp3) is 0.100. The molecule has 0 amide bonds. The van der Waals surface area contributed by atoms with Gasteiger partial charge < -0.3 is 10.2 Å². The maximum atomic E-state index is 14.9. The van der Waals surface area contributed by atoms with E-state index in [1.54, 1.807) is 0 Å². The van der Waals surface area contributed by atoms with Gasteiger partial charge in [-0.15, -0.1) is 0 Å². The maximum Gasteiger partial charge on any atom is 0.406 e. The number of halogens is 5. The van der Waals surface area contributed by atoms with Crippen LogP contribution < -0.4 is 0 Å². The van der Waals surface area contributed by atoms with Gasteiger partial charge in [0.2, 0.25) is 11.5 Å². The highest BCUT2D eigenvalue weighted by Crippen LogP contribution is 2.54. The fourth-order valence-corrected chi connectivity index (χ4v) is 3.56. The van der Waals surface area contributed by atoms with Crippen LogP contribution >= 0.6 is 0 Å². The Labute approximate surface area is 180 Å². The Balaban J connectivity index is 2.60. The Morgan fingerprint density at radius 2 is 1.09 bits per heavy atom. The quantitative estimate of drug-likeness (QED) is 0.232. The van der Waals surface area contributed by atoms with Gasteiger partial charge in [0.1, 0.15) is 5.41 Å².